The van der Waals surface area contributed by atoms with Crippen LogP contribution in [0.25, 0.3) is 0 Å². The van der Waals surface area contributed by atoms with Crippen LogP contribution in [0, 0.1) is 17.8 Å². The van der Waals surface area contributed by atoms with Gasteiger partial charge in [-0.3, -0.25) is 4.79 Å². The van der Waals surface area contributed by atoms with Crippen LogP contribution >= 0.6 is 0 Å². The zero-order valence-corrected chi connectivity index (χ0v) is 25.1. The largest absolute Gasteiger partial charge is 0.497 e. The fourth-order valence-corrected chi connectivity index (χ4v) is 4.89. The van der Waals surface area contributed by atoms with Crippen LogP contribution in [-0.4, -0.2) is 62.1 Å². The normalized spacial score (nSPS) is 20.6. The summed E-state index contributed by atoms with van der Waals surface area (Å²) in [6.45, 7) is 21.8. The van der Waals surface area contributed by atoms with Crippen LogP contribution in [0.5, 0.6) is 5.75 Å². The van der Waals surface area contributed by atoms with E-state index in [1.165, 1.54) is 51.1 Å². The molecule has 2 atom stereocenters. The second-order valence-electron chi connectivity index (χ2n) is 10.2. The molecule has 2 fully saturated rings. The third-order valence-electron chi connectivity index (χ3n) is 7.55. The molecule has 1 N–H and O–H groups in total. The van der Waals surface area contributed by atoms with E-state index in [1.807, 2.05) is 62.9 Å². The molecule has 0 radical (unpaired) electrons. The first-order valence-corrected chi connectivity index (χ1v) is 14.4. The summed E-state index contributed by atoms with van der Waals surface area (Å²) in [6, 6.07) is 8.02. The van der Waals surface area contributed by atoms with Gasteiger partial charge in [0.1, 0.15) is 5.75 Å². The molecule has 0 aliphatic carbocycles. The number of methoxy groups -OCH3 is 1. The summed E-state index contributed by atoms with van der Waals surface area (Å²) in [6.07, 6.45) is 9.85. The number of nitrogens with one attached hydrogen (secondary N) is 1. The molecule has 0 spiro atoms. The highest BCUT2D eigenvalue weighted by Crippen LogP contribution is 2.24. The Morgan fingerprint density at radius 2 is 1.76 bits per heavy atom. The highest BCUT2D eigenvalue weighted by Gasteiger charge is 2.27. The molecule has 3 rings (SSSR count). The summed E-state index contributed by atoms with van der Waals surface area (Å²) in [5, 5.41) is 3.52. The van der Waals surface area contributed by atoms with Gasteiger partial charge < -0.3 is 19.9 Å². The first-order valence-electron chi connectivity index (χ1n) is 14.4. The zero-order chi connectivity index (χ0) is 27.6. The maximum atomic E-state index is 12.1. The van der Waals surface area contributed by atoms with Gasteiger partial charge in [0.25, 0.3) is 0 Å². The molecule has 1 aromatic rings. The number of piperidine rings is 1. The van der Waals surface area contributed by atoms with E-state index >= 15 is 0 Å². The van der Waals surface area contributed by atoms with Gasteiger partial charge in [-0.2, -0.15) is 0 Å². The van der Waals surface area contributed by atoms with Crippen molar-refractivity contribution in [2.24, 2.45) is 17.8 Å². The first kappa shape index (κ1) is 32.9. The van der Waals surface area contributed by atoms with Gasteiger partial charge in [-0.1, -0.05) is 56.7 Å². The van der Waals surface area contributed by atoms with Gasteiger partial charge in [0.2, 0.25) is 5.91 Å². The Balaban J connectivity index is 0.000000659. The number of hydrogen-bond acceptors (Lipinski definition) is 4. The number of carbonyl (C=O) groups excluding carboxylic acids is 1. The fourth-order valence-electron chi connectivity index (χ4n) is 4.89. The third kappa shape index (κ3) is 12.8. The van der Waals surface area contributed by atoms with Crippen molar-refractivity contribution in [1.82, 2.24) is 15.1 Å². The second-order valence-corrected chi connectivity index (χ2v) is 10.2. The number of nitrogens with zero attached hydrogens (tertiary/aromatic N) is 2. The van der Waals surface area contributed by atoms with Gasteiger partial charge in [0.05, 0.1) is 7.11 Å². The molecule has 1 aromatic carbocycles. The number of benzene rings is 1. The van der Waals surface area contributed by atoms with Crippen molar-refractivity contribution in [2.45, 2.75) is 74.3 Å². The van der Waals surface area contributed by atoms with Crippen molar-refractivity contribution in [2.75, 3.05) is 46.4 Å². The quantitative estimate of drug-likeness (QED) is 0.380. The van der Waals surface area contributed by atoms with Crippen LogP contribution in [0.3, 0.4) is 0 Å². The number of likely N-dealkylation sites (tertiary alicyclic amines) is 1. The van der Waals surface area contributed by atoms with Crippen molar-refractivity contribution in [3.8, 4) is 5.75 Å². The van der Waals surface area contributed by atoms with Crippen molar-refractivity contribution < 1.29 is 9.53 Å². The molecule has 1 unspecified atom stereocenters. The molecule has 5 nitrogen and oxygen atoms in total. The van der Waals surface area contributed by atoms with Crippen LogP contribution in [0.4, 0.5) is 0 Å². The van der Waals surface area contributed by atoms with E-state index in [2.05, 4.69) is 36.2 Å². The molecular weight excluding hydrogens is 458 g/mol. The monoisotopic (exact) mass is 513 g/mol. The van der Waals surface area contributed by atoms with Crippen molar-refractivity contribution in [1.29, 1.82) is 0 Å². The lowest BCUT2D eigenvalue weighted by molar-refractivity contribution is -0.129. The molecule has 2 aliphatic rings. The number of amides is 1. The van der Waals surface area contributed by atoms with Crippen molar-refractivity contribution in [3.63, 3.8) is 0 Å². The number of ether oxygens (including phenoxy) is 1. The number of rotatable bonds is 9. The summed E-state index contributed by atoms with van der Waals surface area (Å²) in [5.41, 5.74) is 2.48. The van der Waals surface area contributed by atoms with Crippen LogP contribution < -0.4 is 10.1 Å². The maximum Gasteiger partial charge on any atom is 0.219 e. The molecule has 210 valence electrons. The van der Waals surface area contributed by atoms with E-state index in [0.29, 0.717) is 6.54 Å². The predicted molar refractivity (Wildman–Crippen MR) is 159 cm³/mol. The smallest absolute Gasteiger partial charge is 0.219 e. The second kappa shape index (κ2) is 19.0. The van der Waals surface area contributed by atoms with E-state index in [-0.39, 0.29) is 5.91 Å². The molecule has 5 heteroatoms. The Bertz CT molecular complexity index is 795. The zero-order valence-electron chi connectivity index (χ0n) is 25.1. The highest BCUT2D eigenvalue weighted by molar-refractivity contribution is 5.73. The van der Waals surface area contributed by atoms with Gasteiger partial charge >= 0.3 is 0 Å². The van der Waals surface area contributed by atoms with Crippen LogP contribution in [-0.2, 0) is 11.3 Å². The van der Waals surface area contributed by atoms with E-state index < -0.39 is 0 Å². The Hall–Kier alpha value is -2.11. The van der Waals surface area contributed by atoms with E-state index in [1.54, 1.807) is 14.0 Å². The van der Waals surface area contributed by atoms with Crippen molar-refractivity contribution in [3.05, 3.63) is 53.6 Å². The minimum Gasteiger partial charge on any atom is -0.497 e. The minimum atomic E-state index is 0.163. The van der Waals surface area contributed by atoms with Gasteiger partial charge in [-0.15, -0.1) is 0 Å². The lowest BCUT2D eigenvalue weighted by Gasteiger charge is -2.35. The molecule has 2 saturated heterocycles. The van der Waals surface area contributed by atoms with Crippen molar-refractivity contribution >= 4 is 5.91 Å². The standard InChI is InChI=1S/C23H37N3O2.C7H12.C2H6/c1-18-14-24-15-22(18)17-25-11-8-20(9-12-25)10-13-26(19(2)27)16-21-4-6-23(28-3)7-5-21;1-4-6-7(3)5-2;1-2/h4-7,18,20,22,24H,8-17H2,1-3H3;4-6H,1-3H3;1-2H3/b;6-4-,7-5-;/t18?,22-;;/m1../s1. The average molecular weight is 514 g/mol. The Morgan fingerprint density at radius 1 is 1.11 bits per heavy atom. The Kier molecular flexibility index (Phi) is 16.9. The molecule has 0 saturated carbocycles. The minimum absolute atomic E-state index is 0.163. The fraction of sp³-hybridized carbons (Fsp3) is 0.656. The van der Waals surface area contributed by atoms with Gasteiger partial charge in [0.15, 0.2) is 0 Å². The summed E-state index contributed by atoms with van der Waals surface area (Å²) in [5.74, 6) is 3.38. The van der Waals surface area contributed by atoms with Crippen LogP contribution in [0.15, 0.2) is 48.1 Å². The Labute approximate surface area is 228 Å². The van der Waals surface area contributed by atoms with Crippen LogP contribution in [0.1, 0.15) is 73.3 Å². The van der Waals surface area contributed by atoms with Gasteiger partial charge in [-0.25, -0.2) is 0 Å². The summed E-state index contributed by atoms with van der Waals surface area (Å²) >= 11 is 0. The number of carbonyl (C=O) groups is 1. The molecular formula is C32H55N3O2. The molecule has 1 amide bonds. The van der Waals surface area contributed by atoms with Crippen LogP contribution in [0.2, 0.25) is 0 Å². The van der Waals surface area contributed by atoms with E-state index in [9.17, 15) is 4.79 Å². The molecule has 37 heavy (non-hydrogen) atoms. The van der Waals surface area contributed by atoms with Gasteiger partial charge in [0, 0.05) is 26.6 Å². The average Bonchev–Trinajstić information content (AvgIpc) is 3.33. The highest BCUT2D eigenvalue weighted by atomic mass is 16.5. The maximum absolute atomic E-state index is 12.1. The lowest BCUT2D eigenvalue weighted by Crippen LogP contribution is -2.39. The number of allylic oxidation sites excluding steroid dienone is 4. The summed E-state index contributed by atoms with van der Waals surface area (Å²) in [7, 11) is 1.67. The Morgan fingerprint density at radius 3 is 2.22 bits per heavy atom. The molecule has 2 aliphatic heterocycles. The third-order valence-corrected chi connectivity index (χ3v) is 7.55. The van der Waals surface area contributed by atoms with E-state index in [4.69, 9.17) is 4.74 Å². The first-order chi connectivity index (χ1) is 17.9. The molecule has 0 aromatic heterocycles. The summed E-state index contributed by atoms with van der Waals surface area (Å²) in [4.78, 5) is 16.8. The topological polar surface area (TPSA) is 44.8 Å². The lowest BCUT2D eigenvalue weighted by atomic mass is 9.91. The summed E-state index contributed by atoms with van der Waals surface area (Å²) < 4.78 is 5.22. The number of hydrogen-bond donors (Lipinski definition) is 1. The molecule has 0 bridgehead atoms. The predicted octanol–water partition coefficient (Wildman–Crippen LogP) is 6.56. The SMILES string of the molecule is C/C=C\C(C)=C/C.CC.COc1ccc(CN(CCC2CCN(C[C@H]3CNCC3C)CC2)C(C)=O)cc1. The van der Waals surface area contributed by atoms with E-state index in [0.717, 1.165) is 42.0 Å². The van der Waals surface area contributed by atoms with Gasteiger partial charge in [-0.05, 0) is 102 Å². The molecule has 2 heterocycles.